The molecule has 0 bridgehead atoms. The van der Waals surface area contributed by atoms with Gasteiger partial charge in [0.15, 0.2) is 0 Å². The number of benzene rings is 1. The normalized spacial score (nSPS) is 11.9. The van der Waals surface area contributed by atoms with Crippen molar-refractivity contribution in [3.63, 3.8) is 0 Å². The van der Waals surface area contributed by atoms with Crippen molar-refractivity contribution in [3.8, 4) is 0 Å². The summed E-state index contributed by atoms with van der Waals surface area (Å²) in [5, 5.41) is 8.02. The molecule has 0 aliphatic heterocycles. The first-order valence-electron chi connectivity index (χ1n) is 8.88. The van der Waals surface area contributed by atoms with Gasteiger partial charge in [0.2, 0.25) is 17.7 Å². The molecule has 0 heterocycles. The second-order valence-electron chi connectivity index (χ2n) is 7.05. The zero-order chi connectivity index (χ0) is 19.7. The van der Waals surface area contributed by atoms with Crippen molar-refractivity contribution in [1.82, 2.24) is 10.6 Å². The number of nitrogens with one attached hydrogen (secondary N) is 3. The van der Waals surface area contributed by atoms with Gasteiger partial charge in [-0.1, -0.05) is 51.7 Å². The van der Waals surface area contributed by atoms with E-state index in [1.54, 1.807) is 12.1 Å². The van der Waals surface area contributed by atoms with Gasteiger partial charge in [-0.2, -0.15) is 0 Å². The maximum atomic E-state index is 12.3. The maximum Gasteiger partial charge on any atom is 0.243 e. The lowest BCUT2D eigenvalue weighted by atomic mass is 9.97. The summed E-state index contributed by atoms with van der Waals surface area (Å²) in [7, 11) is 5.53. The molecule has 2 radical (unpaired) electrons. The van der Waals surface area contributed by atoms with Crippen LogP contribution in [0.25, 0.3) is 0 Å². The topological polar surface area (TPSA) is 87.3 Å². The molecule has 0 aromatic heterocycles. The van der Waals surface area contributed by atoms with Crippen LogP contribution in [0.5, 0.6) is 0 Å². The summed E-state index contributed by atoms with van der Waals surface area (Å²) in [6, 6.07) is 6.49. The number of carbonyl (C=O) groups excluding carboxylic acids is 3. The summed E-state index contributed by atoms with van der Waals surface area (Å²) >= 11 is 0. The molecule has 1 atom stereocenters. The van der Waals surface area contributed by atoms with Gasteiger partial charge < -0.3 is 16.0 Å². The van der Waals surface area contributed by atoms with E-state index in [2.05, 4.69) is 16.0 Å². The molecular formula is C19H28BN3O3. The minimum Gasteiger partial charge on any atom is -0.345 e. The Morgan fingerprint density at radius 3 is 2.12 bits per heavy atom. The first-order chi connectivity index (χ1) is 12.2. The summed E-state index contributed by atoms with van der Waals surface area (Å²) in [5.41, 5.74) is 1.60. The molecule has 0 fully saturated rings. The summed E-state index contributed by atoms with van der Waals surface area (Å²) in [5.74, 6) is -0.751. The molecule has 0 aliphatic rings. The van der Waals surface area contributed by atoms with Crippen molar-refractivity contribution >= 4 is 31.3 Å². The fourth-order valence-corrected chi connectivity index (χ4v) is 2.34. The van der Waals surface area contributed by atoms with Gasteiger partial charge in [-0.25, -0.2) is 0 Å². The Balaban J connectivity index is 2.52. The third-order valence-electron chi connectivity index (χ3n) is 3.76. The molecule has 3 N–H and O–H groups in total. The van der Waals surface area contributed by atoms with E-state index < -0.39 is 6.04 Å². The number of carbonyl (C=O) groups is 3. The predicted octanol–water partition coefficient (Wildman–Crippen LogP) is 1.60. The summed E-state index contributed by atoms with van der Waals surface area (Å²) in [4.78, 5) is 36.2. The zero-order valence-electron chi connectivity index (χ0n) is 16.0. The molecule has 1 aromatic rings. The highest BCUT2D eigenvalue weighted by atomic mass is 16.2. The third-order valence-corrected chi connectivity index (χ3v) is 3.76. The van der Waals surface area contributed by atoms with Crippen molar-refractivity contribution in [3.05, 3.63) is 29.8 Å². The Morgan fingerprint density at radius 1 is 1.00 bits per heavy atom. The SMILES string of the molecule is [B]Cc1ccc(NC(=O)CNC(=O)C(NC(=O)CC(C)C)C(C)C)cc1. The largest absolute Gasteiger partial charge is 0.345 e. The lowest BCUT2D eigenvalue weighted by Gasteiger charge is -2.22. The molecule has 0 saturated carbocycles. The van der Waals surface area contributed by atoms with Crippen LogP contribution in [0.4, 0.5) is 5.69 Å². The molecule has 1 unspecified atom stereocenters. The average Bonchev–Trinajstić information content (AvgIpc) is 2.57. The van der Waals surface area contributed by atoms with E-state index in [0.717, 1.165) is 5.56 Å². The Kier molecular flexibility index (Phi) is 8.89. The van der Waals surface area contributed by atoms with E-state index in [4.69, 9.17) is 7.85 Å². The van der Waals surface area contributed by atoms with Gasteiger partial charge in [0, 0.05) is 12.1 Å². The van der Waals surface area contributed by atoms with Crippen LogP contribution in [-0.2, 0) is 20.7 Å². The van der Waals surface area contributed by atoms with Gasteiger partial charge in [0.05, 0.1) is 14.4 Å². The van der Waals surface area contributed by atoms with Crippen molar-refractivity contribution in [2.24, 2.45) is 11.8 Å². The van der Waals surface area contributed by atoms with E-state index in [9.17, 15) is 14.4 Å². The highest BCUT2D eigenvalue weighted by Crippen LogP contribution is 2.09. The van der Waals surface area contributed by atoms with Crippen LogP contribution in [0.2, 0.25) is 0 Å². The van der Waals surface area contributed by atoms with Gasteiger partial charge in [0.25, 0.3) is 0 Å². The predicted molar refractivity (Wildman–Crippen MR) is 104 cm³/mol. The van der Waals surface area contributed by atoms with Crippen LogP contribution in [0, 0.1) is 11.8 Å². The van der Waals surface area contributed by atoms with Crippen molar-refractivity contribution in [1.29, 1.82) is 0 Å². The van der Waals surface area contributed by atoms with Gasteiger partial charge >= 0.3 is 0 Å². The molecule has 0 aliphatic carbocycles. The molecule has 0 saturated heterocycles. The van der Waals surface area contributed by atoms with E-state index in [0.29, 0.717) is 18.4 Å². The average molecular weight is 357 g/mol. The number of anilines is 1. The maximum absolute atomic E-state index is 12.3. The fourth-order valence-electron chi connectivity index (χ4n) is 2.34. The van der Waals surface area contributed by atoms with Gasteiger partial charge in [-0.05, 0) is 24.0 Å². The third kappa shape index (κ3) is 7.72. The first kappa shape index (κ1) is 21.7. The first-order valence-corrected chi connectivity index (χ1v) is 8.88. The molecule has 7 heteroatoms. The lowest BCUT2D eigenvalue weighted by molar-refractivity contribution is -0.131. The van der Waals surface area contributed by atoms with Crippen LogP contribution in [0.3, 0.4) is 0 Å². The second-order valence-corrected chi connectivity index (χ2v) is 7.05. The number of hydrogen-bond acceptors (Lipinski definition) is 3. The van der Waals surface area contributed by atoms with Crippen molar-refractivity contribution < 1.29 is 14.4 Å². The molecule has 6 nitrogen and oxygen atoms in total. The van der Waals surface area contributed by atoms with Gasteiger partial charge in [0.1, 0.15) is 6.04 Å². The Hall–Kier alpha value is -2.31. The second kappa shape index (κ2) is 10.6. The highest BCUT2D eigenvalue weighted by Gasteiger charge is 2.24. The van der Waals surface area contributed by atoms with Gasteiger partial charge in [-0.15, -0.1) is 0 Å². The van der Waals surface area contributed by atoms with E-state index in [-0.39, 0.29) is 36.1 Å². The Labute approximate surface area is 156 Å². The standard InChI is InChI=1S/C19H28BN3O3/c1-12(2)9-16(24)23-18(13(3)4)19(26)21-11-17(25)22-15-7-5-14(10-20)6-8-15/h5-8,12-13,18H,9-11H2,1-4H3,(H,21,26)(H,22,25)(H,23,24). The number of hydrogen-bond donors (Lipinski definition) is 3. The quantitative estimate of drug-likeness (QED) is 0.587. The van der Waals surface area contributed by atoms with Crippen molar-refractivity contribution in [2.75, 3.05) is 11.9 Å². The van der Waals surface area contributed by atoms with Crippen LogP contribution in [-0.4, -0.2) is 38.2 Å². The molecule has 3 amide bonds. The number of rotatable bonds is 9. The van der Waals surface area contributed by atoms with Crippen LogP contribution in [0.1, 0.15) is 39.7 Å². The number of amides is 3. The van der Waals surface area contributed by atoms with Gasteiger partial charge in [-0.3, -0.25) is 14.4 Å². The van der Waals surface area contributed by atoms with E-state index >= 15 is 0 Å². The minimum absolute atomic E-state index is 0.0852. The summed E-state index contributed by atoms with van der Waals surface area (Å²) < 4.78 is 0. The van der Waals surface area contributed by atoms with Crippen LogP contribution in [0.15, 0.2) is 24.3 Å². The zero-order valence-corrected chi connectivity index (χ0v) is 16.0. The fraction of sp³-hybridized carbons (Fsp3) is 0.526. The molecule has 1 rings (SSSR count). The van der Waals surface area contributed by atoms with Crippen LogP contribution < -0.4 is 16.0 Å². The Morgan fingerprint density at radius 2 is 1.62 bits per heavy atom. The van der Waals surface area contributed by atoms with E-state index in [1.165, 1.54) is 0 Å². The minimum atomic E-state index is -0.669. The lowest BCUT2D eigenvalue weighted by Crippen LogP contribution is -2.51. The summed E-state index contributed by atoms with van der Waals surface area (Å²) in [6.07, 6.45) is 0.791. The smallest absolute Gasteiger partial charge is 0.243 e. The highest BCUT2D eigenvalue weighted by molar-refractivity contribution is 6.08. The Bertz CT molecular complexity index is 615. The molecular weight excluding hydrogens is 329 g/mol. The molecule has 1 aromatic carbocycles. The molecule has 140 valence electrons. The van der Waals surface area contributed by atoms with E-state index in [1.807, 2.05) is 39.8 Å². The van der Waals surface area contributed by atoms with Crippen molar-refractivity contribution in [2.45, 2.75) is 46.5 Å². The molecule has 0 spiro atoms. The summed E-state index contributed by atoms with van der Waals surface area (Å²) in [6.45, 7) is 7.40. The monoisotopic (exact) mass is 357 g/mol. The molecule has 26 heavy (non-hydrogen) atoms. The van der Waals surface area contributed by atoms with Crippen LogP contribution >= 0.6 is 0 Å².